The fraction of sp³-hybridized carbons (Fsp3) is 1.00. The van der Waals surface area contributed by atoms with E-state index in [9.17, 15) is 0 Å². The molecular weight excluding hydrogens is 198 g/mol. The van der Waals surface area contributed by atoms with Gasteiger partial charge in [-0.15, -0.1) is 0 Å². The second-order valence-electron chi connectivity index (χ2n) is 5.59. The first-order chi connectivity index (χ1) is 7.86. The standard InChI is InChI=1S/C14H27NO/c1-12(13-6-3-2-4-7-13)15-14-8-5-10-16-11-9-14/h12-15H,2-11H2,1H3/t12-,14?/m1/s1. The van der Waals surface area contributed by atoms with E-state index in [1.54, 1.807) is 0 Å². The molecular formula is C14H27NO. The Morgan fingerprint density at radius 1 is 0.938 bits per heavy atom. The Kier molecular flexibility index (Phi) is 5.11. The van der Waals surface area contributed by atoms with Crippen molar-refractivity contribution in [3.63, 3.8) is 0 Å². The van der Waals surface area contributed by atoms with Crippen LogP contribution in [0.25, 0.3) is 0 Å². The molecule has 16 heavy (non-hydrogen) atoms. The Balaban J connectivity index is 1.73. The monoisotopic (exact) mass is 225 g/mol. The van der Waals surface area contributed by atoms with Crippen LogP contribution in [0.15, 0.2) is 0 Å². The lowest BCUT2D eigenvalue weighted by Gasteiger charge is -2.31. The Labute approximate surface area is 100 Å². The first-order valence-corrected chi connectivity index (χ1v) is 7.20. The van der Waals surface area contributed by atoms with Crippen LogP contribution in [0.3, 0.4) is 0 Å². The molecule has 1 unspecified atom stereocenters. The van der Waals surface area contributed by atoms with E-state index in [1.807, 2.05) is 0 Å². The quantitative estimate of drug-likeness (QED) is 0.797. The summed E-state index contributed by atoms with van der Waals surface area (Å²) < 4.78 is 5.51. The molecule has 2 fully saturated rings. The zero-order chi connectivity index (χ0) is 11.2. The highest BCUT2D eigenvalue weighted by molar-refractivity contribution is 4.80. The second-order valence-corrected chi connectivity index (χ2v) is 5.59. The third-order valence-electron chi connectivity index (χ3n) is 4.31. The van der Waals surface area contributed by atoms with E-state index in [4.69, 9.17) is 4.74 Å². The molecule has 1 N–H and O–H groups in total. The molecule has 0 radical (unpaired) electrons. The van der Waals surface area contributed by atoms with Gasteiger partial charge in [0.05, 0.1) is 0 Å². The van der Waals surface area contributed by atoms with Gasteiger partial charge in [-0.1, -0.05) is 19.3 Å². The van der Waals surface area contributed by atoms with Crippen molar-refractivity contribution in [3.8, 4) is 0 Å². The molecule has 2 heteroatoms. The molecule has 1 saturated heterocycles. The second kappa shape index (κ2) is 6.61. The summed E-state index contributed by atoms with van der Waals surface area (Å²) in [5.74, 6) is 0.929. The van der Waals surface area contributed by atoms with Gasteiger partial charge in [0.25, 0.3) is 0 Å². The van der Waals surface area contributed by atoms with Gasteiger partial charge >= 0.3 is 0 Å². The van der Waals surface area contributed by atoms with Crippen molar-refractivity contribution in [1.29, 1.82) is 0 Å². The number of hydrogen-bond acceptors (Lipinski definition) is 2. The maximum Gasteiger partial charge on any atom is 0.0480 e. The molecule has 1 aliphatic carbocycles. The zero-order valence-corrected chi connectivity index (χ0v) is 10.7. The lowest BCUT2D eigenvalue weighted by atomic mass is 9.84. The van der Waals surface area contributed by atoms with Crippen LogP contribution in [0.2, 0.25) is 0 Å². The van der Waals surface area contributed by atoms with E-state index in [0.717, 1.165) is 19.1 Å². The molecule has 0 spiro atoms. The maximum absolute atomic E-state index is 5.51. The van der Waals surface area contributed by atoms with Gasteiger partial charge in [-0.2, -0.15) is 0 Å². The van der Waals surface area contributed by atoms with Gasteiger partial charge in [-0.25, -0.2) is 0 Å². The molecule has 94 valence electrons. The van der Waals surface area contributed by atoms with Crippen molar-refractivity contribution in [3.05, 3.63) is 0 Å². The van der Waals surface area contributed by atoms with E-state index < -0.39 is 0 Å². The smallest absolute Gasteiger partial charge is 0.0480 e. The van der Waals surface area contributed by atoms with Crippen LogP contribution in [0.5, 0.6) is 0 Å². The molecule has 1 aliphatic heterocycles. The van der Waals surface area contributed by atoms with Crippen molar-refractivity contribution in [1.82, 2.24) is 5.32 Å². The Bertz CT molecular complexity index is 181. The molecule has 0 aromatic heterocycles. The van der Waals surface area contributed by atoms with Gasteiger partial charge in [-0.3, -0.25) is 0 Å². The molecule has 0 aromatic carbocycles. The van der Waals surface area contributed by atoms with Crippen molar-refractivity contribution in [2.45, 2.75) is 70.4 Å². The number of hydrogen-bond donors (Lipinski definition) is 1. The van der Waals surface area contributed by atoms with Crippen LogP contribution in [-0.4, -0.2) is 25.3 Å². The summed E-state index contributed by atoms with van der Waals surface area (Å²) in [5, 5.41) is 3.85. The number of ether oxygens (including phenoxy) is 1. The molecule has 0 bridgehead atoms. The highest BCUT2D eigenvalue weighted by atomic mass is 16.5. The molecule has 2 aliphatic rings. The van der Waals surface area contributed by atoms with E-state index >= 15 is 0 Å². The van der Waals surface area contributed by atoms with E-state index in [1.165, 1.54) is 51.4 Å². The molecule has 2 rings (SSSR count). The van der Waals surface area contributed by atoms with Crippen LogP contribution < -0.4 is 5.32 Å². The van der Waals surface area contributed by atoms with Crippen molar-refractivity contribution >= 4 is 0 Å². The Hall–Kier alpha value is -0.0800. The van der Waals surface area contributed by atoms with Gasteiger partial charge in [0.1, 0.15) is 0 Å². The van der Waals surface area contributed by atoms with Crippen LogP contribution in [0.4, 0.5) is 0 Å². The fourth-order valence-corrected chi connectivity index (χ4v) is 3.21. The summed E-state index contributed by atoms with van der Waals surface area (Å²) in [6.07, 6.45) is 11.0. The summed E-state index contributed by atoms with van der Waals surface area (Å²) in [6.45, 7) is 4.31. The third-order valence-corrected chi connectivity index (χ3v) is 4.31. The van der Waals surface area contributed by atoms with Crippen molar-refractivity contribution in [2.75, 3.05) is 13.2 Å². The average Bonchev–Trinajstić information content (AvgIpc) is 2.59. The zero-order valence-electron chi connectivity index (χ0n) is 10.7. The van der Waals surface area contributed by atoms with E-state index in [0.29, 0.717) is 12.1 Å². The minimum atomic E-state index is 0.708. The Morgan fingerprint density at radius 2 is 1.75 bits per heavy atom. The third kappa shape index (κ3) is 3.74. The number of rotatable bonds is 3. The minimum absolute atomic E-state index is 0.708. The van der Waals surface area contributed by atoms with Gasteiger partial charge in [0.15, 0.2) is 0 Å². The molecule has 0 amide bonds. The van der Waals surface area contributed by atoms with Crippen LogP contribution in [0, 0.1) is 5.92 Å². The Morgan fingerprint density at radius 3 is 2.56 bits per heavy atom. The normalized spacial score (nSPS) is 30.9. The highest BCUT2D eigenvalue weighted by Crippen LogP contribution is 2.27. The van der Waals surface area contributed by atoms with Gasteiger partial charge < -0.3 is 10.1 Å². The molecule has 2 nitrogen and oxygen atoms in total. The highest BCUT2D eigenvalue weighted by Gasteiger charge is 2.22. The van der Waals surface area contributed by atoms with Crippen molar-refractivity contribution < 1.29 is 4.74 Å². The fourth-order valence-electron chi connectivity index (χ4n) is 3.21. The van der Waals surface area contributed by atoms with Gasteiger partial charge in [-0.05, 0) is 44.9 Å². The van der Waals surface area contributed by atoms with Gasteiger partial charge in [0.2, 0.25) is 0 Å². The van der Waals surface area contributed by atoms with Crippen LogP contribution in [0.1, 0.15) is 58.3 Å². The van der Waals surface area contributed by atoms with Crippen LogP contribution in [-0.2, 0) is 4.74 Å². The predicted molar refractivity (Wildman–Crippen MR) is 67.6 cm³/mol. The topological polar surface area (TPSA) is 21.3 Å². The summed E-state index contributed by atoms with van der Waals surface area (Å²) in [4.78, 5) is 0. The average molecular weight is 225 g/mol. The predicted octanol–water partition coefficient (Wildman–Crippen LogP) is 3.11. The maximum atomic E-state index is 5.51. The molecule has 0 aromatic rings. The summed E-state index contributed by atoms with van der Waals surface area (Å²) in [5.41, 5.74) is 0. The molecule has 1 heterocycles. The SMILES string of the molecule is C[C@@H](NC1CCCOCC1)C1CCCCC1. The lowest BCUT2D eigenvalue weighted by molar-refractivity contribution is 0.141. The van der Waals surface area contributed by atoms with Crippen LogP contribution >= 0.6 is 0 Å². The first kappa shape index (κ1) is 12.4. The van der Waals surface area contributed by atoms with E-state index in [2.05, 4.69) is 12.2 Å². The number of nitrogens with one attached hydrogen (secondary N) is 1. The van der Waals surface area contributed by atoms with Gasteiger partial charge in [0, 0.05) is 25.3 Å². The summed E-state index contributed by atoms with van der Waals surface area (Å²) in [6, 6.07) is 1.42. The first-order valence-electron chi connectivity index (χ1n) is 7.20. The molecule has 2 atom stereocenters. The summed E-state index contributed by atoms with van der Waals surface area (Å²) in [7, 11) is 0. The molecule has 1 saturated carbocycles. The lowest BCUT2D eigenvalue weighted by Crippen LogP contribution is -2.41. The van der Waals surface area contributed by atoms with Crippen molar-refractivity contribution in [2.24, 2.45) is 5.92 Å². The summed E-state index contributed by atoms with van der Waals surface area (Å²) >= 11 is 0. The minimum Gasteiger partial charge on any atom is -0.381 e. The largest absolute Gasteiger partial charge is 0.381 e. The van der Waals surface area contributed by atoms with E-state index in [-0.39, 0.29) is 0 Å².